The van der Waals surface area contributed by atoms with Crippen molar-refractivity contribution < 1.29 is 8.83 Å². The van der Waals surface area contributed by atoms with Crippen LogP contribution in [-0.2, 0) is 6.42 Å². The van der Waals surface area contributed by atoms with Gasteiger partial charge in [-0.2, -0.15) is 12.6 Å². The average Bonchev–Trinajstić information content (AvgIpc) is 2.09. The van der Waals surface area contributed by atoms with Crippen molar-refractivity contribution >= 4 is 12.6 Å². The van der Waals surface area contributed by atoms with Gasteiger partial charge in [0.05, 0.1) is 0 Å². The molecule has 4 heteroatoms. The van der Waals surface area contributed by atoms with Gasteiger partial charge in [-0.25, -0.2) is 4.79 Å². The molecule has 0 fully saturated rings. The van der Waals surface area contributed by atoms with E-state index in [1.807, 2.05) is 6.92 Å². The van der Waals surface area contributed by atoms with E-state index in [1.165, 1.54) is 0 Å². The van der Waals surface area contributed by atoms with Crippen LogP contribution in [-0.4, -0.2) is 5.25 Å². The molecule has 0 bridgehead atoms. The molecule has 11 heavy (non-hydrogen) atoms. The summed E-state index contributed by atoms with van der Waals surface area (Å²) in [6, 6.07) is 0. The summed E-state index contributed by atoms with van der Waals surface area (Å²) >= 11 is 4.16. The molecule has 1 aromatic rings. The smallest absolute Gasteiger partial charge is 0.396 e. The monoisotopic (exact) mass is 174 g/mol. The zero-order chi connectivity index (χ0) is 8.43. The highest BCUT2D eigenvalue weighted by Gasteiger charge is 2.09. The van der Waals surface area contributed by atoms with E-state index >= 15 is 0 Å². The van der Waals surface area contributed by atoms with Crippen LogP contribution in [0.4, 0.5) is 0 Å². The zero-order valence-electron chi connectivity index (χ0n) is 6.46. The van der Waals surface area contributed by atoms with Crippen molar-refractivity contribution in [3.63, 3.8) is 0 Å². The molecule has 0 aromatic carbocycles. The Hall–Kier alpha value is -0.640. The fraction of sp³-hybridized carbons (Fsp3) is 0.571. The van der Waals surface area contributed by atoms with Gasteiger partial charge in [-0.15, -0.1) is 0 Å². The molecule has 1 atom stereocenters. The van der Waals surface area contributed by atoms with Crippen LogP contribution in [0.3, 0.4) is 0 Å². The van der Waals surface area contributed by atoms with Gasteiger partial charge >= 0.3 is 5.82 Å². The molecule has 0 N–H and O–H groups in total. The molecule has 0 aliphatic heterocycles. The Labute approximate surface area is 69.8 Å². The molecule has 0 amide bonds. The van der Waals surface area contributed by atoms with Crippen molar-refractivity contribution in [2.45, 2.75) is 25.5 Å². The lowest BCUT2D eigenvalue weighted by atomic mass is 10.2. The Morgan fingerprint density at radius 3 is 2.55 bits per heavy atom. The topological polar surface area (TPSA) is 43.4 Å². The van der Waals surface area contributed by atoms with Crippen LogP contribution in [0.15, 0.2) is 13.6 Å². The molecule has 0 aliphatic rings. The minimum atomic E-state index is -0.633. The third-order valence-electron chi connectivity index (χ3n) is 1.32. The van der Waals surface area contributed by atoms with Gasteiger partial charge in [0, 0.05) is 11.7 Å². The normalized spacial score (nSPS) is 13.4. The molecular formula is C7H10O3S. The lowest BCUT2D eigenvalue weighted by Crippen LogP contribution is -1.97. The van der Waals surface area contributed by atoms with Crippen molar-refractivity contribution in [1.82, 2.24) is 0 Å². The lowest BCUT2D eigenvalue weighted by Gasteiger charge is -1.97. The summed E-state index contributed by atoms with van der Waals surface area (Å²) in [7, 11) is 0. The lowest BCUT2D eigenvalue weighted by molar-refractivity contribution is 0.369. The molecule has 0 spiro atoms. The van der Waals surface area contributed by atoms with Crippen LogP contribution in [0.5, 0.6) is 0 Å². The number of rotatable bonds is 2. The van der Waals surface area contributed by atoms with Gasteiger partial charge in [-0.05, 0) is 6.92 Å². The van der Waals surface area contributed by atoms with E-state index in [4.69, 9.17) is 4.42 Å². The van der Waals surface area contributed by atoms with E-state index < -0.39 is 5.82 Å². The second kappa shape index (κ2) is 3.17. The van der Waals surface area contributed by atoms with Crippen LogP contribution >= 0.6 is 12.6 Å². The molecule has 1 unspecified atom stereocenters. The van der Waals surface area contributed by atoms with Crippen LogP contribution < -0.4 is 5.82 Å². The van der Waals surface area contributed by atoms with Gasteiger partial charge in [-0.1, -0.05) is 6.92 Å². The van der Waals surface area contributed by atoms with Gasteiger partial charge in [0.15, 0.2) is 5.76 Å². The first-order valence-corrected chi connectivity index (χ1v) is 3.88. The van der Waals surface area contributed by atoms with E-state index in [1.54, 1.807) is 6.92 Å². The van der Waals surface area contributed by atoms with Crippen LogP contribution in [0.1, 0.15) is 18.4 Å². The van der Waals surface area contributed by atoms with Gasteiger partial charge in [0.1, 0.15) is 5.76 Å². The van der Waals surface area contributed by atoms with Gasteiger partial charge in [0.2, 0.25) is 0 Å². The van der Waals surface area contributed by atoms with Gasteiger partial charge in [0.25, 0.3) is 0 Å². The number of hydrogen-bond donors (Lipinski definition) is 1. The molecular weight excluding hydrogens is 164 g/mol. The van der Waals surface area contributed by atoms with Crippen LogP contribution in [0.2, 0.25) is 0 Å². The highest BCUT2D eigenvalue weighted by atomic mass is 32.1. The first-order chi connectivity index (χ1) is 5.09. The first-order valence-electron chi connectivity index (χ1n) is 3.37. The quantitative estimate of drug-likeness (QED) is 0.689. The van der Waals surface area contributed by atoms with E-state index in [0.717, 1.165) is 0 Å². The predicted octanol–water partition coefficient (Wildman–Crippen LogP) is 1.40. The maximum atomic E-state index is 10.5. The number of hydrogen-bond acceptors (Lipinski definition) is 4. The summed E-state index contributed by atoms with van der Waals surface area (Å²) in [6.45, 7) is 3.63. The van der Waals surface area contributed by atoms with Crippen LogP contribution in [0.25, 0.3) is 0 Å². The fourth-order valence-corrected chi connectivity index (χ4v) is 0.995. The van der Waals surface area contributed by atoms with Crippen molar-refractivity contribution in [2.24, 2.45) is 0 Å². The molecule has 0 saturated heterocycles. The molecule has 1 rings (SSSR count). The van der Waals surface area contributed by atoms with Crippen LogP contribution in [0, 0.1) is 6.92 Å². The Kier molecular flexibility index (Phi) is 2.44. The third-order valence-corrected chi connectivity index (χ3v) is 1.50. The predicted molar refractivity (Wildman–Crippen MR) is 44.1 cm³/mol. The summed E-state index contributed by atoms with van der Waals surface area (Å²) < 4.78 is 9.41. The highest BCUT2D eigenvalue weighted by Crippen LogP contribution is 2.10. The highest BCUT2D eigenvalue weighted by molar-refractivity contribution is 7.80. The third kappa shape index (κ3) is 2.15. The second-order valence-corrected chi connectivity index (χ2v) is 3.37. The van der Waals surface area contributed by atoms with Crippen molar-refractivity contribution in [2.75, 3.05) is 0 Å². The molecule has 1 heterocycles. The Bertz CT molecular complexity index is 284. The minimum absolute atomic E-state index is 0.175. The van der Waals surface area contributed by atoms with E-state index in [2.05, 4.69) is 17.0 Å². The maximum absolute atomic E-state index is 10.5. The molecule has 1 aromatic heterocycles. The summed E-state index contributed by atoms with van der Waals surface area (Å²) in [5, 5.41) is 0.175. The SMILES string of the molecule is Cc1oc(=O)oc1CC(C)S. The van der Waals surface area contributed by atoms with Gasteiger partial charge in [-0.3, -0.25) is 0 Å². The van der Waals surface area contributed by atoms with Crippen molar-refractivity contribution in [1.29, 1.82) is 0 Å². The second-order valence-electron chi connectivity index (χ2n) is 2.49. The largest absolute Gasteiger partial charge is 0.519 e. The van der Waals surface area contributed by atoms with E-state index in [0.29, 0.717) is 17.9 Å². The fourth-order valence-electron chi connectivity index (χ4n) is 0.829. The summed E-state index contributed by atoms with van der Waals surface area (Å²) in [5.41, 5.74) is 0. The summed E-state index contributed by atoms with van der Waals surface area (Å²) in [6.07, 6.45) is 0.626. The summed E-state index contributed by atoms with van der Waals surface area (Å²) in [4.78, 5) is 10.5. The molecule has 0 aliphatic carbocycles. The van der Waals surface area contributed by atoms with Crippen molar-refractivity contribution in [3.8, 4) is 0 Å². The number of thiol groups is 1. The zero-order valence-corrected chi connectivity index (χ0v) is 7.35. The van der Waals surface area contributed by atoms with E-state index in [-0.39, 0.29) is 5.25 Å². The minimum Gasteiger partial charge on any atom is -0.396 e. The van der Waals surface area contributed by atoms with Crippen molar-refractivity contribution in [3.05, 3.63) is 22.1 Å². The summed E-state index contributed by atoms with van der Waals surface area (Å²) in [5.74, 6) is 0.514. The molecule has 3 nitrogen and oxygen atoms in total. The standard InChI is InChI=1S/C7H10O3S/c1-4(11)3-6-5(2)9-7(8)10-6/h4,11H,3H2,1-2H3. The maximum Gasteiger partial charge on any atom is 0.519 e. The average molecular weight is 174 g/mol. The number of aryl methyl sites for hydroxylation is 1. The Morgan fingerprint density at radius 2 is 2.18 bits per heavy atom. The van der Waals surface area contributed by atoms with Gasteiger partial charge < -0.3 is 8.83 Å². The Balaban J connectivity index is 2.86. The first kappa shape index (κ1) is 8.46. The Morgan fingerprint density at radius 1 is 1.55 bits per heavy atom. The molecule has 0 saturated carbocycles. The van der Waals surface area contributed by atoms with E-state index in [9.17, 15) is 4.79 Å². The molecule has 62 valence electrons. The molecule has 0 radical (unpaired) electrons.